The monoisotopic (exact) mass is 223 g/mol. The van der Waals surface area contributed by atoms with Crippen molar-refractivity contribution >= 4 is 11.6 Å². The van der Waals surface area contributed by atoms with Crippen LogP contribution in [0.1, 0.15) is 19.3 Å². The van der Waals surface area contributed by atoms with Gasteiger partial charge in [-0.1, -0.05) is 0 Å². The molecule has 0 aromatic carbocycles. The summed E-state index contributed by atoms with van der Waals surface area (Å²) in [6.07, 6.45) is 3.69. The number of carbonyl (C=O) groups is 1. The fourth-order valence-electron chi connectivity index (χ4n) is 1.32. The first-order valence-corrected chi connectivity index (χ1v) is 5.30. The lowest BCUT2D eigenvalue weighted by Gasteiger charge is -2.06. The third-order valence-electron chi connectivity index (χ3n) is 2.23. The molecule has 5 nitrogen and oxygen atoms in total. The molecule has 0 bridgehead atoms. The van der Waals surface area contributed by atoms with E-state index in [2.05, 4.69) is 5.32 Å². The number of pyridine rings is 1. The number of amides is 1. The van der Waals surface area contributed by atoms with Crippen molar-refractivity contribution in [2.45, 2.75) is 19.3 Å². The standard InChI is InChI=1S/C11H17N3O2/c1-14-8-9(5-6-11(14)16)13-10(15)4-2-3-7-12/h5-6,8H,2-4,7,12H2,1H3,(H,13,15). The number of carbonyl (C=O) groups excluding carboxylic acids is 1. The van der Waals surface area contributed by atoms with Gasteiger partial charge in [0, 0.05) is 25.7 Å². The summed E-state index contributed by atoms with van der Waals surface area (Å²) < 4.78 is 1.43. The summed E-state index contributed by atoms with van der Waals surface area (Å²) in [5.74, 6) is -0.0490. The van der Waals surface area contributed by atoms with Gasteiger partial charge in [0.1, 0.15) is 0 Å². The molecule has 0 spiro atoms. The molecule has 1 aromatic rings. The number of aromatic nitrogens is 1. The van der Waals surface area contributed by atoms with Gasteiger partial charge in [0.2, 0.25) is 11.5 Å². The van der Waals surface area contributed by atoms with Crippen LogP contribution in [-0.2, 0) is 11.8 Å². The lowest BCUT2D eigenvalue weighted by atomic mass is 10.2. The molecule has 0 aliphatic carbocycles. The van der Waals surface area contributed by atoms with Crippen LogP contribution in [0.3, 0.4) is 0 Å². The minimum Gasteiger partial charge on any atom is -0.330 e. The Balaban J connectivity index is 2.50. The highest BCUT2D eigenvalue weighted by molar-refractivity contribution is 5.90. The predicted octanol–water partition coefficient (Wildman–Crippen LogP) is 0.453. The zero-order valence-electron chi connectivity index (χ0n) is 9.40. The normalized spacial score (nSPS) is 10.1. The molecule has 1 rings (SSSR count). The molecule has 0 aliphatic heterocycles. The number of nitrogens with two attached hydrogens (primary N) is 1. The van der Waals surface area contributed by atoms with Crippen molar-refractivity contribution < 1.29 is 4.79 Å². The van der Waals surface area contributed by atoms with Gasteiger partial charge in [0.15, 0.2) is 0 Å². The second-order valence-electron chi connectivity index (χ2n) is 3.66. The van der Waals surface area contributed by atoms with E-state index in [1.165, 1.54) is 10.6 Å². The molecule has 88 valence electrons. The Morgan fingerprint density at radius 3 is 2.81 bits per heavy atom. The predicted molar refractivity (Wildman–Crippen MR) is 63.2 cm³/mol. The Labute approximate surface area is 94.3 Å². The van der Waals surface area contributed by atoms with E-state index >= 15 is 0 Å². The Bertz CT molecular complexity index is 412. The van der Waals surface area contributed by atoms with E-state index in [1.54, 1.807) is 19.3 Å². The minimum atomic E-state index is -0.0962. The number of aryl methyl sites for hydroxylation is 1. The Morgan fingerprint density at radius 2 is 2.19 bits per heavy atom. The highest BCUT2D eigenvalue weighted by Gasteiger charge is 2.02. The second kappa shape index (κ2) is 6.07. The largest absolute Gasteiger partial charge is 0.330 e. The summed E-state index contributed by atoms with van der Waals surface area (Å²) in [6, 6.07) is 3.03. The van der Waals surface area contributed by atoms with Gasteiger partial charge in [-0.25, -0.2) is 0 Å². The lowest BCUT2D eigenvalue weighted by molar-refractivity contribution is -0.116. The second-order valence-corrected chi connectivity index (χ2v) is 3.66. The third-order valence-corrected chi connectivity index (χ3v) is 2.23. The Kier molecular flexibility index (Phi) is 4.72. The molecule has 0 saturated heterocycles. The third kappa shape index (κ3) is 3.86. The molecule has 16 heavy (non-hydrogen) atoms. The summed E-state index contributed by atoms with van der Waals surface area (Å²) in [5, 5.41) is 2.73. The number of rotatable bonds is 5. The minimum absolute atomic E-state index is 0.0490. The summed E-state index contributed by atoms with van der Waals surface area (Å²) in [5.41, 5.74) is 5.88. The summed E-state index contributed by atoms with van der Waals surface area (Å²) in [4.78, 5) is 22.5. The molecule has 1 aromatic heterocycles. The molecule has 0 atom stereocenters. The Hall–Kier alpha value is -1.62. The highest BCUT2D eigenvalue weighted by Crippen LogP contribution is 2.04. The topological polar surface area (TPSA) is 77.1 Å². The number of hydrogen-bond donors (Lipinski definition) is 2. The van der Waals surface area contributed by atoms with Crippen LogP contribution in [-0.4, -0.2) is 17.0 Å². The molecule has 0 radical (unpaired) electrons. The van der Waals surface area contributed by atoms with Crippen molar-refractivity contribution in [3.8, 4) is 0 Å². The van der Waals surface area contributed by atoms with Crippen molar-refractivity contribution in [2.24, 2.45) is 12.8 Å². The average molecular weight is 223 g/mol. The number of nitrogens with one attached hydrogen (secondary N) is 1. The van der Waals surface area contributed by atoms with Gasteiger partial charge >= 0.3 is 0 Å². The van der Waals surface area contributed by atoms with Gasteiger partial charge in [-0.2, -0.15) is 0 Å². The van der Waals surface area contributed by atoms with Gasteiger partial charge in [-0.3, -0.25) is 9.59 Å². The average Bonchev–Trinajstić information content (AvgIpc) is 2.24. The van der Waals surface area contributed by atoms with Gasteiger partial charge in [0.05, 0.1) is 5.69 Å². The van der Waals surface area contributed by atoms with E-state index in [4.69, 9.17) is 5.73 Å². The molecule has 0 fully saturated rings. The molecule has 0 saturated carbocycles. The molecule has 0 unspecified atom stereocenters. The molecule has 5 heteroatoms. The molecule has 1 heterocycles. The Morgan fingerprint density at radius 1 is 1.44 bits per heavy atom. The summed E-state index contributed by atoms with van der Waals surface area (Å²) >= 11 is 0. The quantitative estimate of drug-likeness (QED) is 0.712. The van der Waals surface area contributed by atoms with Crippen LogP contribution in [0.2, 0.25) is 0 Å². The maximum absolute atomic E-state index is 11.4. The molecule has 3 N–H and O–H groups in total. The van der Waals surface area contributed by atoms with Crippen molar-refractivity contribution in [3.63, 3.8) is 0 Å². The molecule has 1 amide bonds. The van der Waals surface area contributed by atoms with E-state index in [1.807, 2.05) is 0 Å². The number of hydrogen-bond acceptors (Lipinski definition) is 3. The van der Waals surface area contributed by atoms with E-state index in [9.17, 15) is 9.59 Å². The lowest BCUT2D eigenvalue weighted by Crippen LogP contribution is -2.17. The van der Waals surface area contributed by atoms with Gasteiger partial charge in [-0.05, 0) is 25.5 Å². The van der Waals surface area contributed by atoms with Crippen LogP contribution in [0.25, 0.3) is 0 Å². The van der Waals surface area contributed by atoms with Gasteiger partial charge in [0.25, 0.3) is 0 Å². The molecular formula is C11H17N3O2. The summed E-state index contributed by atoms with van der Waals surface area (Å²) in [6.45, 7) is 0.604. The maximum Gasteiger partial charge on any atom is 0.250 e. The van der Waals surface area contributed by atoms with Crippen LogP contribution < -0.4 is 16.6 Å². The first kappa shape index (κ1) is 12.4. The molecule has 0 aliphatic rings. The van der Waals surface area contributed by atoms with E-state index < -0.39 is 0 Å². The van der Waals surface area contributed by atoms with E-state index in [0.29, 0.717) is 18.7 Å². The fraction of sp³-hybridized carbons (Fsp3) is 0.455. The van der Waals surface area contributed by atoms with Crippen molar-refractivity contribution in [1.29, 1.82) is 0 Å². The van der Waals surface area contributed by atoms with Crippen LogP contribution in [0.15, 0.2) is 23.1 Å². The van der Waals surface area contributed by atoms with Crippen LogP contribution >= 0.6 is 0 Å². The number of nitrogens with zero attached hydrogens (tertiary/aromatic N) is 1. The van der Waals surface area contributed by atoms with Crippen molar-refractivity contribution in [1.82, 2.24) is 4.57 Å². The van der Waals surface area contributed by atoms with Crippen LogP contribution in [0, 0.1) is 0 Å². The first-order valence-electron chi connectivity index (χ1n) is 5.30. The number of anilines is 1. The first-order chi connectivity index (χ1) is 7.63. The zero-order valence-corrected chi connectivity index (χ0v) is 9.40. The van der Waals surface area contributed by atoms with Crippen molar-refractivity contribution in [3.05, 3.63) is 28.7 Å². The fourth-order valence-corrected chi connectivity index (χ4v) is 1.32. The zero-order chi connectivity index (χ0) is 12.0. The molecular weight excluding hydrogens is 206 g/mol. The summed E-state index contributed by atoms with van der Waals surface area (Å²) in [7, 11) is 1.65. The smallest absolute Gasteiger partial charge is 0.250 e. The van der Waals surface area contributed by atoms with Crippen LogP contribution in [0.4, 0.5) is 5.69 Å². The van der Waals surface area contributed by atoms with Crippen LogP contribution in [0.5, 0.6) is 0 Å². The maximum atomic E-state index is 11.4. The van der Waals surface area contributed by atoms with Gasteiger partial charge < -0.3 is 15.6 Å². The van der Waals surface area contributed by atoms with E-state index in [-0.39, 0.29) is 11.5 Å². The highest BCUT2D eigenvalue weighted by atomic mass is 16.1. The van der Waals surface area contributed by atoms with Gasteiger partial charge in [-0.15, -0.1) is 0 Å². The SMILES string of the molecule is Cn1cc(NC(=O)CCCCN)ccc1=O. The van der Waals surface area contributed by atoms with Crippen molar-refractivity contribution in [2.75, 3.05) is 11.9 Å². The van der Waals surface area contributed by atoms with E-state index in [0.717, 1.165) is 12.8 Å². The number of unbranched alkanes of at least 4 members (excludes halogenated alkanes) is 1.